The van der Waals surface area contributed by atoms with Gasteiger partial charge in [0.25, 0.3) is 0 Å². The molecule has 0 bridgehead atoms. The summed E-state index contributed by atoms with van der Waals surface area (Å²) in [5, 5.41) is 13.4. The van der Waals surface area contributed by atoms with E-state index in [0.717, 1.165) is 21.4 Å². The van der Waals surface area contributed by atoms with Gasteiger partial charge in [-0.1, -0.05) is 17.4 Å². The molecule has 0 spiro atoms. The number of anilines is 1. The average molecular weight is 367 g/mol. The minimum absolute atomic E-state index is 0.0522. The van der Waals surface area contributed by atoms with E-state index in [1.54, 1.807) is 18.2 Å². The van der Waals surface area contributed by atoms with Gasteiger partial charge in [0.1, 0.15) is 0 Å². The fourth-order valence-corrected chi connectivity index (χ4v) is 2.90. The summed E-state index contributed by atoms with van der Waals surface area (Å²) in [5.74, 6) is -0.296. The zero-order valence-electron chi connectivity index (χ0n) is 11.0. The summed E-state index contributed by atoms with van der Waals surface area (Å²) in [5.41, 5.74) is 1.76. The van der Waals surface area contributed by atoms with Crippen LogP contribution in [-0.2, 0) is 4.79 Å². The number of amides is 1. The first-order valence-electron chi connectivity index (χ1n) is 5.95. The highest BCUT2D eigenvalue weighted by atomic mass is 79.9. The standard InChI is InChI=1S/C14H11BrN2O3S/c1-9-2-5-12(11(15)8-9)16-13(18)6-3-10-4-7-14(21-10)17(19)20/h2-8H,1H3,(H,16,18)/b6-3+. The third-order valence-electron chi connectivity index (χ3n) is 2.57. The third kappa shape index (κ3) is 4.24. The van der Waals surface area contributed by atoms with Crippen LogP contribution in [0.4, 0.5) is 10.7 Å². The largest absolute Gasteiger partial charge is 0.324 e. The van der Waals surface area contributed by atoms with Crippen LogP contribution in [0.1, 0.15) is 10.4 Å². The zero-order chi connectivity index (χ0) is 15.4. The molecule has 0 saturated heterocycles. The number of hydrogen-bond acceptors (Lipinski definition) is 4. The Labute approximate surface area is 133 Å². The Morgan fingerprint density at radius 1 is 1.38 bits per heavy atom. The maximum absolute atomic E-state index is 11.8. The van der Waals surface area contributed by atoms with E-state index in [2.05, 4.69) is 21.2 Å². The van der Waals surface area contributed by atoms with Crippen LogP contribution in [0.15, 0.2) is 40.9 Å². The van der Waals surface area contributed by atoms with Crippen molar-refractivity contribution in [3.05, 3.63) is 61.4 Å². The van der Waals surface area contributed by atoms with Gasteiger partial charge >= 0.3 is 5.00 Å². The highest BCUT2D eigenvalue weighted by Gasteiger charge is 2.08. The molecule has 1 aromatic carbocycles. The molecule has 2 aromatic rings. The van der Waals surface area contributed by atoms with E-state index in [1.807, 2.05) is 19.1 Å². The van der Waals surface area contributed by atoms with Gasteiger partial charge in [0.05, 0.1) is 10.6 Å². The minimum Gasteiger partial charge on any atom is -0.321 e. The maximum atomic E-state index is 11.8. The van der Waals surface area contributed by atoms with Crippen LogP contribution < -0.4 is 5.32 Å². The van der Waals surface area contributed by atoms with Gasteiger partial charge in [0.15, 0.2) is 0 Å². The topological polar surface area (TPSA) is 72.2 Å². The Balaban J connectivity index is 2.03. The van der Waals surface area contributed by atoms with E-state index in [4.69, 9.17) is 0 Å². The van der Waals surface area contributed by atoms with Crippen molar-refractivity contribution in [1.29, 1.82) is 0 Å². The first-order valence-corrected chi connectivity index (χ1v) is 7.56. The van der Waals surface area contributed by atoms with E-state index in [1.165, 1.54) is 12.1 Å². The number of nitrogens with one attached hydrogen (secondary N) is 1. The van der Waals surface area contributed by atoms with Crippen molar-refractivity contribution in [2.24, 2.45) is 0 Å². The summed E-state index contributed by atoms with van der Waals surface area (Å²) >= 11 is 4.40. The molecule has 0 aliphatic heterocycles. The summed E-state index contributed by atoms with van der Waals surface area (Å²) in [6.07, 6.45) is 2.90. The molecule has 0 fully saturated rings. The summed E-state index contributed by atoms with van der Waals surface area (Å²) in [7, 11) is 0. The molecule has 1 amide bonds. The van der Waals surface area contributed by atoms with Gasteiger partial charge in [-0.05, 0) is 52.7 Å². The van der Waals surface area contributed by atoms with Gasteiger partial charge < -0.3 is 5.32 Å². The van der Waals surface area contributed by atoms with Crippen molar-refractivity contribution in [2.75, 3.05) is 5.32 Å². The maximum Gasteiger partial charge on any atom is 0.324 e. The molecule has 21 heavy (non-hydrogen) atoms. The number of benzene rings is 1. The second-order valence-corrected chi connectivity index (χ2v) is 6.19. The monoisotopic (exact) mass is 366 g/mol. The number of rotatable bonds is 4. The van der Waals surface area contributed by atoms with E-state index in [-0.39, 0.29) is 10.9 Å². The first kappa shape index (κ1) is 15.4. The smallest absolute Gasteiger partial charge is 0.321 e. The zero-order valence-corrected chi connectivity index (χ0v) is 13.4. The second kappa shape index (κ2) is 6.64. The van der Waals surface area contributed by atoms with Crippen molar-refractivity contribution in [2.45, 2.75) is 6.92 Å². The lowest BCUT2D eigenvalue weighted by Crippen LogP contribution is -2.08. The SMILES string of the molecule is Cc1ccc(NC(=O)/C=C/c2ccc([N+](=O)[O-])s2)c(Br)c1. The van der Waals surface area contributed by atoms with Gasteiger partial charge in [-0.15, -0.1) is 0 Å². The van der Waals surface area contributed by atoms with Crippen LogP contribution in [0.3, 0.4) is 0 Å². The van der Waals surface area contributed by atoms with Crippen LogP contribution in [0.2, 0.25) is 0 Å². The molecule has 0 saturated carbocycles. The molecule has 2 rings (SSSR count). The summed E-state index contributed by atoms with van der Waals surface area (Å²) in [6, 6.07) is 8.63. The van der Waals surface area contributed by atoms with Crippen molar-refractivity contribution >= 4 is 49.9 Å². The summed E-state index contributed by atoms with van der Waals surface area (Å²) in [6.45, 7) is 1.96. The van der Waals surface area contributed by atoms with Gasteiger partial charge in [0, 0.05) is 21.5 Å². The van der Waals surface area contributed by atoms with E-state index in [9.17, 15) is 14.9 Å². The lowest BCUT2D eigenvalue weighted by molar-refractivity contribution is -0.380. The fraction of sp³-hybridized carbons (Fsp3) is 0.0714. The van der Waals surface area contributed by atoms with Crippen molar-refractivity contribution in [3.63, 3.8) is 0 Å². The van der Waals surface area contributed by atoms with E-state index >= 15 is 0 Å². The van der Waals surface area contributed by atoms with Crippen LogP contribution in [0, 0.1) is 17.0 Å². The summed E-state index contributed by atoms with van der Waals surface area (Å²) < 4.78 is 0.802. The van der Waals surface area contributed by atoms with Crippen molar-refractivity contribution < 1.29 is 9.72 Å². The molecule has 0 radical (unpaired) electrons. The molecular formula is C14H11BrN2O3S. The molecule has 0 aliphatic carbocycles. The Hall–Kier alpha value is -1.99. The van der Waals surface area contributed by atoms with Crippen LogP contribution in [0.5, 0.6) is 0 Å². The van der Waals surface area contributed by atoms with Gasteiger partial charge in [-0.2, -0.15) is 0 Å². The molecule has 1 heterocycles. The predicted molar refractivity (Wildman–Crippen MR) is 87.5 cm³/mol. The third-order valence-corrected chi connectivity index (χ3v) is 4.23. The van der Waals surface area contributed by atoms with Crippen molar-refractivity contribution in [1.82, 2.24) is 0 Å². The highest BCUT2D eigenvalue weighted by molar-refractivity contribution is 9.10. The average Bonchev–Trinajstić information content (AvgIpc) is 2.89. The van der Waals surface area contributed by atoms with Crippen LogP contribution in [-0.4, -0.2) is 10.8 Å². The van der Waals surface area contributed by atoms with Gasteiger partial charge in [-0.25, -0.2) is 0 Å². The first-order chi connectivity index (χ1) is 9.95. The minimum atomic E-state index is -0.453. The lowest BCUT2D eigenvalue weighted by Gasteiger charge is -2.05. The molecule has 1 N–H and O–H groups in total. The number of carbonyl (C=O) groups excluding carboxylic acids is 1. The predicted octanol–water partition coefficient (Wildman–Crippen LogP) is 4.38. The Bertz CT molecular complexity index is 725. The number of carbonyl (C=O) groups is 1. The number of hydrogen-bond donors (Lipinski definition) is 1. The van der Waals surface area contributed by atoms with Crippen molar-refractivity contribution in [3.8, 4) is 0 Å². The van der Waals surface area contributed by atoms with Crippen LogP contribution in [0.25, 0.3) is 6.08 Å². The molecule has 0 atom stereocenters. The molecule has 0 aliphatic rings. The molecule has 108 valence electrons. The second-order valence-electron chi connectivity index (χ2n) is 4.24. The number of nitrogens with zero attached hydrogens (tertiary/aromatic N) is 1. The fourth-order valence-electron chi connectivity index (χ4n) is 1.58. The number of thiophene rings is 1. The van der Waals surface area contributed by atoms with Crippen LogP contribution >= 0.6 is 27.3 Å². The number of aryl methyl sites for hydroxylation is 1. The molecule has 0 unspecified atom stereocenters. The molecular weight excluding hydrogens is 356 g/mol. The normalized spacial score (nSPS) is 10.8. The van der Waals surface area contributed by atoms with Gasteiger partial charge in [-0.3, -0.25) is 14.9 Å². The Morgan fingerprint density at radius 2 is 2.14 bits per heavy atom. The lowest BCUT2D eigenvalue weighted by atomic mass is 10.2. The quantitative estimate of drug-likeness (QED) is 0.495. The number of nitro groups is 1. The van der Waals surface area contributed by atoms with E-state index < -0.39 is 4.92 Å². The molecule has 1 aromatic heterocycles. The van der Waals surface area contributed by atoms with Gasteiger partial charge in [0.2, 0.25) is 5.91 Å². The van der Waals surface area contributed by atoms with E-state index in [0.29, 0.717) is 10.6 Å². The molecule has 7 heteroatoms. The number of halogens is 1. The Kier molecular flexibility index (Phi) is 4.87. The molecule has 5 nitrogen and oxygen atoms in total. The summed E-state index contributed by atoms with van der Waals surface area (Å²) in [4.78, 5) is 22.6. The highest BCUT2D eigenvalue weighted by Crippen LogP contribution is 2.25. The Morgan fingerprint density at radius 3 is 2.76 bits per heavy atom.